The molecule has 20 heavy (non-hydrogen) atoms. The maximum atomic E-state index is 12.0. The van der Waals surface area contributed by atoms with Crippen LogP contribution in [0.25, 0.3) is 0 Å². The third-order valence-electron chi connectivity index (χ3n) is 2.69. The molecule has 3 N–H and O–H groups in total. The average molecular weight is 301 g/mol. The Kier molecular flexibility index (Phi) is 7.11. The molecule has 0 aromatic heterocycles. The maximum Gasteiger partial charge on any atom is 0.240 e. The van der Waals surface area contributed by atoms with E-state index in [1.807, 2.05) is 19.0 Å². The molecular weight excluding hydrogens is 278 g/mol. The predicted molar refractivity (Wildman–Crippen MR) is 78.9 cm³/mol. The Bertz CT molecular complexity index is 486. The van der Waals surface area contributed by atoms with Gasteiger partial charge in [-0.1, -0.05) is 12.1 Å². The molecule has 1 aromatic carbocycles. The summed E-state index contributed by atoms with van der Waals surface area (Å²) in [6.07, 6.45) is 0. The lowest BCUT2D eigenvalue weighted by Crippen LogP contribution is -2.28. The van der Waals surface area contributed by atoms with Gasteiger partial charge in [0.2, 0.25) is 10.0 Å². The number of ether oxygens (including phenoxy) is 1. The number of nitrogens with two attached hydrogens (primary N) is 1. The topological polar surface area (TPSA) is 84.7 Å². The van der Waals surface area contributed by atoms with Gasteiger partial charge in [-0.2, -0.15) is 0 Å². The first-order valence-electron chi connectivity index (χ1n) is 6.47. The van der Waals surface area contributed by atoms with E-state index in [-0.39, 0.29) is 11.4 Å². The van der Waals surface area contributed by atoms with Crippen LogP contribution in [0.3, 0.4) is 0 Å². The van der Waals surface area contributed by atoms with Crippen molar-refractivity contribution in [2.45, 2.75) is 11.4 Å². The average Bonchev–Trinajstić information content (AvgIpc) is 2.42. The number of nitrogens with one attached hydrogen (secondary N) is 1. The molecule has 0 aliphatic heterocycles. The molecular formula is C13H23N3O3S. The van der Waals surface area contributed by atoms with Crippen molar-refractivity contribution < 1.29 is 13.2 Å². The molecule has 0 aliphatic rings. The number of benzene rings is 1. The largest absolute Gasteiger partial charge is 0.379 e. The fourth-order valence-corrected chi connectivity index (χ4v) is 2.50. The number of nitrogens with zero attached hydrogens (tertiary/aromatic N) is 1. The highest BCUT2D eigenvalue weighted by atomic mass is 32.2. The van der Waals surface area contributed by atoms with Gasteiger partial charge in [0.15, 0.2) is 0 Å². The molecule has 0 saturated heterocycles. The number of likely N-dealkylation sites (N-methyl/N-ethyl adjacent to an activating group) is 1. The van der Waals surface area contributed by atoms with E-state index in [4.69, 9.17) is 10.5 Å². The molecule has 0 saturated carbocycles. The molecule has 0 atom stereocenters. The van der Waals surface area contributed by atoms with E-state index in [2.05, 4.69) is 4.72 Å². The van der Waals surface area contributed by atoms with Gasteiger partial charge in [-0.3, -0.25) is 0 Å². The summed E-state index contributed by atoms with van der Waals surface area (Å²) < 4.78 is 31.8. The molecule has 7 heteroatoms. The lowest BCUT2D eigenvalue weighted by atomic mass is 10.2. The van der Waals surface area contributed by atoms with Gasteiger partial charge in [0, 0.05) is 19.6 Å². The van der Waals surface area contributed by atoms with E-state index in [9.17, 15) is 8.42 Å². The van der Waals surface area contributed by atoms with Crippen molar-refractivity contribution in [2.75, 3.05) is 40.4 Å². The number of sulfonamides is 1. The van der Waals surface area contributed by atoms with Crippen LogP contribution in [-0.4, -0.2) is 53.7 Å². The van der Waals surface area contributed by atoms with Crippen LogP contribution in [0.15, 0.2) is 29.2 Å². The monoisotopic (exact) mass is 301 g/mol. The number of hydrogen-bond acceptors (Lipinski definition) is 5. The van der Waals surface area contributed by atoms with Crippen molar-refractivity contribution in [1.29, 1.82) is 0 Å². The quantitative estimate of drug-likeness (QED) is 0.627. The molecule has 0 spiro atoms. The summed E-state index contributed by atoms with van der Waals surface area (Å²) in [5.41, 5.74) is 6.37. The summed E-state index contributed by atoms with van der Waals surface area (Å²) in [4.78, 5) is 2.24. The smallest absolute Gasteiger partial charge is 0.240 e. The molecule has 0 fully saturated rings. The van der Waals surface area contributed by atoms with Gasteiger partial charge in [-0.15, -0.1) is 0 Å². The standard InChI is InChI=1S/C13H23N3O3S/c1-16(2)8-10-19-9-7-15-20(17,18)13-5-3-12(11-14)4-6-13/h3-6,15H,7-11,14H2,1-2H3. The van der Waals surface area contributed by atoms with Gasteiger partial charge in [-0.05, 0) is 31.8 Å². The Morgan fingerprint density at radius 1 is 1.20 bits per heavy atom. The Balaban J connectivity index is 2.37. The Hall–Kier alpha value is -0.990. The molecule has 1 aromatic rings. The molecule has 1 rings (SSSR count). The van der Waals surface area contributed by atoms with Crippen LogP contribution in [0, 0.1) is 0 Å². The van der Waals surface area contributed by atoms with Crippen molar-refractivity contribution in [3.63, 3.8) is 0 Å². The lowest BCUT2D eigenvalue weighted by Gasteiger charge is -2.10. The van der Waals surface area contributed by atoms with Crippen LogP contribution in [0.4, 0.5) is 0 Å². The third-order valence-corrected chi connectivity index (χ3v) is 4.17. The van der Waals surface area contributed by atoms with Gasteiger partial charge in [0.05, 0.1) is 18.1 Å². The van der Waals surface area contributed by atoms with E-state index in [1.54, 1.807) is 24.3 Å². The van der Waals surface area contributed by atoms with E-state index in [1.165, 1.54) is 0 Å². The van der Waals surface area contributed by atoms with Gasteiger partial charge >= 0.3 is 0 Å². The van der Waals surface area contributed by atoms with Crippen molar-refractivity contribution in [3.05, 3.63) is 29.8 Å². The number of hydrogen-bond donors (Lipinski definition) is 2. The molecule has 0 amide bonds. The summed E-state index contributed by atoms with van der Waals surface area (Å²) in [5.74, 6) is 0. The van der Waals surface area contributed by atoms with Crippen LogP contribution in [0.2, 0.25) is 0 Å². The van der Waals surface area contributed by atoms with Crippen molar-refractivity contribution in [1.82, 2.24) is 9.62 Å². The molecule has 0 heterocycles. The molecule has 114 valence electrons. The highest BCUT2D eigenvalue weighted by Gasteiger charge is 2.12. The highest BCUT2D eigenvalue weighted by Crippen LogP contribution is 2.09. The summed E-state index contributed by atoms with van der Waals surface area (Å²) in [7, 11) is 0.441. The Morgan fingerprint density at radius 3 is 2.40 bits per heavy atom. The fraction of sp³-hybridized carbons (Fsp3) is 0.538. The van der Waals surface area contributed by atoms with Crippen molar-refractivity contribution in [2.24, 2.45) is 5.73 Å². The summed E-state index contributed by atoms with van der Waals surface area (Å²) in [5, 5.41) is 0. The predicted octanol–water partition coefficient (Wildman–Crippen LogP) is 0.00180. The second-order valence-electron chi connectivity index (χ2n) is 4.66. The minimum Gasteiger partial charge on any atom is -0.379 e. The zero-order chi connectivity index (χ0) is 15.0. The maximum absolute atomic E-state index is 12.0. The van der Waals surface area contributed by atoms with Crippen molar-refractivity contribution >= 4 is 10.0 Å². The highest BCUT2D eigenvalue weighted by molar-refractivity contribution is 7.89. The third kappa shape index (κ3) is 5.98. The van der Waals surface area contributed by atoms with E-state index < -0.39 is 10.0 Å². The minimum absolute atomic E-state index is 0.239. The second-order valence-corrected chi connectivity index (χ2v) is 6.43. The van der Waals surface area contributed by atoms with Gasteiger partial charge in [-0.25, -0.2) is 13.1 Å². The van der Waals surface area contributed by atoms with Crippen LogP contribution < -0.4 is 10.5 Å². The van der Waals surface area contributed by atoms with Crippen molar-refractivity contribution in [3.8, 4) is 0 Å². The first-order valence-corrected chi connectivity index (χ1v) is 7.95. The summed E-state index contributed by atoms with van der Waals surface area (Å²) >= 11 is 0. The fourth-order valence-electron chi connectivity index (χ4n) is 1.49. The van der Waals surface area contributed by atoms with E-state index >= 15 is 0 Å². The van der Waals surface area contributed by atoms with Gasteiger partial charge in [0.1, 0.15) is 0 Å². The molecule has 0 aliphatic carbocycles. The van der Waals surface area contributed by atoms with Crippen LogP contribution in [0.5, 0.6) is 0 Å². The first kappa shape index (κ1) is 17.1. The molecule has 0 unspecified atom stereocenters. The minimum atomic E-state index is -3.47. The zero-order valence-corrected chi connectivity index (χ0v) is 12.8. The Labute approximate surface area is 121 Å². The number of rotatable bonds is 9. The molecule has 6 nitrogen and oxygen atoms in total. The van der Waals surface area contributed by atoms with Crippen LogP contribution >= 0.6 is 0 Å². The molecule has 0 bridgehead atoms. The summed E-state index contributed by atoms with van der Waals surface area (Å²) in [6.45, 7) is 2.41. The van der Waals surface area contributed by atoms with Gasteiger partial charge in [0.25, 0.3) is 0 Å². The SMILES string of the molecule is CN(C)CCOCCNS(=O)(=O)c1ccc(CN)cc1. The van der Waals surface area contributed by atoms with Crippen LogP contribution in [-0.2, 0) is 21.3 Å². The second kappa shape index (κ2) is 8.33. The summed E-state index contributed by atoms with van der Waals surface area (Å²) in [6, 6.07) is 6.53. The van der Waals surface area contributed by atoms with Gasteiger partial charge < -0.3 is 15.4 Å². The Morgan fingerprint density at radius 2 is 1.85 bits per heavy atom. The lowest BCUT2D eigenvalue weighted by molar-refractivity contribution is 0.122. The van der Waals surface area contributed by atoms with E-state index in [0.29, 0.717) is 19.8 Å². The molecule has 0 radical (unpaired) electrons. The zero-order valence-electron chi connectivity index (χ0n) is 12.0. The van der Waals surface area contributed by atoms with Crippen LogP contribution in [0.1, 0.15) is 5.56 Å². The first-order chi connectivity index (χ1) is 9.45. The van der Waals surface area contributed by atoms with E-state index in [0.717, 1.165) is 12.1 Å². The normalized spacial score (nSPS) is 12.0.